The Balaban J connectivity index is 2.07. The van der Waals surface area contributed by atoms with Gasteiger partial charge in [0.2, 0.25) is 0 Å². The van der Waals surface area contributed by atoms with Gasteiger partial charge >= 0.3 is 5.97 Å². The van der Waals surface area contributed by atoms with Crippen LogP contribution in [0.3, 0.4) is 0 Å². The highest BCUT2D eigenvalue weighted by molar-refractivity contribution is 7.18. The van der Waals surface area contributed by atoms with Crippen LogP contribution < -0.4 is 5.32 Å². The van der Waals surface area contributed by atoms with Crippen molar-refractivity contribution in [2.24, 2.45) is 0 Å². The molecule has 0 unspecified atom stereocenters. The molecule has 0 aromatic carbocycles. The largest absolute Gasteiger partial charge is 0.465 e. The van der Waals surface area contributed by atoms with Crippen LogP contribution in [0.4, 0.5) is 5.13 Å². The molecule has 0 amide bonds. The number of rotatable bonds is 4. The summed E-state index contributed by atoms with van der Waals surface area (Å²) in [5.74, 6) is -0.460. The van der Waals surface area contributed by atoms with Gasteiger partial charge in [0.15, 0.2) is 15.2 Å². The highest BCUT2D eigenvalue weighted by Gasteiger charge is 2.17. The first-order chi connectivity index (χ1) is 8.61. The van der Waals surface area contributed by atoms with Crippen molar-refractivity contribution < 1.29 is 9.53 Å². The SMILES string of the molecule is COC(=O)c1sc(NCc2sccc2C)nc1Cl. The molecular formula is C11H11ClN2O2S2. The summed E-state index contributed by atoms with van der Waals surface area (Å²) >= 11 is 8.75. The second-order valence-electron chi connectivity index (χ2n) is 3.51. The van der Waals surface area contributed by atoms with E-state index in [1.54, 1.807) is 11.3 Å². The van der Waals surface area contributed by atoms with Crippen molar-refractivity contribution in [2.45, 2.75) is 13.5 Å². The average molecular weight is 303 g/mol. The Bertz CT molecular complexity index is 565. The number of carbonyl (C=O) groups is 1. The van der Waals surface area contributed by atoms with Gasteiger partial charge in [0.1, 0.15) is 0 Å². The molecule has 2 aromatic rings. The molecule has 96 valence electrons. The summed E-state index contributed by atoms with van der Waals surface area (Å²) in [5.41, 5.74) is 1.24. The van der Waals surface area contributed by atoms with Crippen LogP contribution in [0.25, 0.3) is 0 Å². The number of nitrogens with one attached hydrogen (secondary N) is 1. The number of hydrogen-bond donors (Lipinski definition) is 1. The van der Waals surface area contributed by atoms with Crippen LogP contribution in [-0.4, -0.2) is 18.1 Å². The standard InChI is InChI=1S/C11H11ClN2O2S2/c1-6-3-4-17-7(6)5-13-11-14-9(12)8(18-11)10(15)16-2/h3-4H,5H2,1-2H3,(H,13,14). The second-order valence-corrected chi connectivity index (χ2v) is 5.87. The quantitative estimate of drug-likeness (QED) is 0.877. The predicted molar refractivity (Wildman–Crippen MR) is 74.8 cm³/mol. The molecule has 2 rings (SSSR count). The number of anilines is 1. The Hall–Kier alpha value is -1.11. The average Bonchev–Trinajstić information content (AvgIpc) is 2.92. The van der Waals surface area contributed by atoms with Gasteiger partial charge in [-0.15, -0.1) is 11.3 Å². The van der Waals surface area contributed by atoms with Crippen molar-refractivity contribution in [3.8, 4) is 0 Å². The van der Waals surface area contributed by atoms with Gasteiger partial charge in [0.25, 0.3) is 0 Å². The van der Waals surface area contributed by atoms with Crippen LogP contribution in [0.1, 0.15) is 20.1 Å². The fourth-order valence-electron chi connectivity index (χ4n) is 1.34. The summed E-state index contributed by atoms with van der Waals surface area (Å²) in [7, 11) is 1.32. The minimum Gasteiger partial charge on any atom is -0.465 e. The first-order valence-corrected chi connectivity index (χ1v) is 7.20. The highest BCUT2D eigenvalue weighted by Crippen LogP contribution is 2.28. The maximum atomic E-state index is 11.4. The molecule has 0 fully saturated rings. The normalized spacial score (nSPS) is 10.4. The van der Waals surface area contributed by atoms with Gasteiger partial charge in [0, 0.05) is 4.88 Å². The Kier molecular flexibility index (Phi) is 4.21. The summed E-state index contributed by atoms with van der Waals surface area (Å²) in [5, 5.41) is 5.99. The third kappa shape index (κ3) is 2.82. The lowest BCUT2D eigenvalue weighted by atomic mass is 10.3. The second kappa shape index (κ2) is 5.69. The number of esters is 1. The van der Waals surface area contributed by atoms with Gasteiger partial charge in [-0.25, -0.2) is 9.78 Å². The molecule has 0 aliphatic rings. The molecule has 18 heavy (non-hydrogen) atoms. The lowest BCUT2D eigenvalue weighted by Gasteiger charge is -2.00. The molecule has 1 N–H and O–H groups in total. The van der Waals surface area contributed by atoms with Crippen LogP contribution >= 0.6 is 34.3 Å². The van der Waals surface area contributed by atoms with Crippen LogP contribution in [0, 0.1) is 6.92 Å². The number of methoxy groups -OCH3 is 1. The first-order valence-electron chi connectivity index (χ1n) is 5.13. The van der Waals surface area contributed by atoms with Gasteiger partial charge in [-0.2, -0.15) is 0 Å². The van der Waals surface area contributed by atoms with E-state index in [9.17, 15) is 4.79 Å². The summed E-state index contributed by atoms with van der Waals surface area (Å²) in [6.45, 7) is 2.73. The number of halogens is 1. The smallest absolute Gasteiger partial charge is 0.351 e. The third-order valence-corrected chi connectivity index (χ3v) is 4.73. The fourth-order valence-corrected chi connectivity index (χ4v) is 3.28. The van der Waals surface area contributed by atoms with Crippen molar-refractivity contribution in [1.82, 2.24) is 4.98 Å². The van der Waals surface area contributed by atoms with Gasteiger partial charge < -0.3 is 10.1 Å². The summed E-state index contributed by atoms with van der Waals surface area (Å²) in [4.78, 5) is 17.0. The Labute approximate surface area is 118 Å². The summed E-state index contributed by atoms with van der Waals surface area (Å²) in [6, 6.07) is 2.07. The van der Waals surface area contributed by atoms with Crippen molar-refractivity contribution in [2.75, 3.05) is 12.4 Å². The van der Waals surface area contributed by atoms with E-state index in [1.165, 1.54) is 28.9 Å². The maximum absolute atomic E-state index is 11.4. The lowest BCUT2D eigenvalue weighted by molar-refractivity contribution is 0.0606. The molecule has 0 saturated heterocycles. The van der Waals surface area contributed by atoms with Crippen LogP contribution in [0.15, 0.2) is 11.4 Å². The van der Waals surface area contributed by atoms with Gasteiger partial charge in [-0.1, -0.05) is 22.9 Å². The fraction of sp³-hybridized carbons (Fsp3) is 0.273. The maximum Gasteiger partial charge on any atom is 0.351 e. The number of aryl methyl sites for hydroxylation is 1. The minimum absolute atomic E-state index is 0.178. The number of carbonyl (C=O) groups excluding carboxylic acids is 1. The molecule has 7 heteroatoms. The number of nitrogens with zero attached hydrogens (tertiary/aromatic N) is 1. The number of aromatic nitrogens is 1. The molecule has 0 saturated carbocycles. The lowest BCUT2D eigenvalue weighted by Crippen LogP contribution is -1.98. The van der Waals surface area contributed by atoms with Crippen LogP contribution in [0.5, 0.6) is 0 Å². The number of thiophene rings is 1. The van der Waals surface area contributed by atoms with E-state index in [4.69, 9.17) is 11.6 Å². The van der Waals surface area contributed by atoms with Crippen LogP contribution in [-0.2, 0) is 11.3 Å². The van der Waals surface area contributed by atoms with Crippen molar-refractivity contribution >= 4 is 45.4 Å². The molecule has 0 spiro atoms. The topological polar surface area (TPSA) is 51.2 Å². The Morgan fingerprint density at radius 2 is 2.39 bits per heavy atom. The molecule has 0 radical (unpaired) electrons. The Morgan fingerprint density at radius 1 is 1.61 bits per heavy atom. The number of hydrogen-bond acceptors (Lipinski definition) is 6. The van der Waals surface area contributed by atoms with Crippen LogP contribution in [0.2, 0.25) is 5.15 Å². The predicted octanol–water partition coefficient (Wildman–Crippen LogP) is 3.57. The van der Waals surface area contributed by atoms with E-state index in [0.29, 0.717) is 16.6 Å². The van der Waals surface area contributed by atoms with Crippen molar-refractivity contribution in [3.63, 3.8) is 0 Å². The zero-order valence-corrected chi connectivity index (χ0v) is 12.2. The van der Waals surface area contributed by atoms with Gasteiger partial charge in [0.05, 0.1) is 13.7 Å². The zero-order valence-electron chi connectivity index (χ0n) is 9.82. The number of thiazole rings is 1. The third-order valence-electron chi connectivity index (χ3n) is 2.32. The molecule has 0 aliphatic carbocycles. The minimum atomic E-state index is -0.460. The van der Waals surface area contributed by atoms with E-state index in [0.717, 1.165) is 0 Å². The zero-order chi connectivity index (χ0) is 13.1. The molecule has 2 aromatic heterocycles. The molecule has 4 nitrogen and oxygen atoms in total. The van der Waals surface area contributed by atoms with Gasteiger partial charge in [-0.05, 0) is 23.9 Å². The molecule has 0 bridgehead atoms. The van der Waals surface area contributed by atoms with Gasteiger partial charge in [-0.3, -0.25) is 0 Å². The monoisotopic (exact) mass is 302 g/mol. The summed E-state index contributed by atoms with van der Waals surface area (Å²) in [6.07, 6.45) is 0. The molecule has 0 atom stereocenters. The van der Waals surface area contributed by atoms with E-state index >= 15 is 0 Å². The molecule has 0 aliphatic heterocycles. The molecule has 2 heterocycles. The first kappa shape index (κ1) is 13.3. The number of ether oxygens (including phenoxy) is 1. The van der Waals surface area contributed by atoms with E-state index in [2.05, 4.69) is 28.0 Å². The van der Waals surface area contributed by atoms with E-state index in [1.807, 2.05) is 5.38 Å². The van der Waals surface area contributed by atoms with Crippen molar-refractivity contribution in [3.05, 3.63) is 31.9 Å². The molecular weight excluding hydrogens is 292 g/mol. The van der Waals surface area contributed by atoms with E-state index in [-0.39, 0.29) is 5.15 Å². The van der Waals surface area contributed by atoms with E-state index < -0.39 is 5.97 Å². The summed E-state index contributed by atoms with van der Waals surface area (Å²) < 4.78 is 4.62. The highest BCUT2D eigenvalue weighted by atomic mass is 35.5. The Morgan fingerprint density at radius 3 is 3.00 bits per heavy atom. The van der Waals surface area contributed by atoms with Crippen molar-refractivity contribution in [1.29, 1.82) is 0 Å².